The first-order chi connectivity index (χ1) is 11.8. The van der Waals surface area contributed by atoms with E-state index in [1.807, 2.05) is 0 Å². The van der Waals surface area contributed by atoms with Crippen LogP contribution in [0, 0.1) is 12.3 Å². The Balaban J connectivity index is 2.28. The molecular formula is C18H14ClF3N2O. The first-order valence-corrected chi connectivity index (χ1v) is 7.60. The fourth-order valence-corrected chi connectivity index (χ4v) is 2.34. The van der Waals surface area contributed by atoms with Crippen LogP contribution in [0.3, 0.4) is 0 Å². The Morgan fingerprint density at radius 3 is 2.48 bits per heavy atom. The lowest BCUT2D eigenvalue weighted by atomic mass is 10.1. The van der Waals surface area contributed by atoms with Crippen molar-refractivity contribution in [3.05, 3.63) is 64.7 Å². The maximum Gasteiger partial charge on any atom is 0.416 e. The number of hydrogen-bond donors (Lipinski definition) is 2. The van der Waals surface area contributed by atoms with Crippen molar-refractivity contribution in [2.45, 2.75) is 12.2 Å². The van der Waals surface area contributed by atoms with Crippen molar-refractivity contribution in [1.29, 1.82) is 0 Å². The molecule has 1 atom stereocenters. The number of benzene rings is 2. The standard InChI is InChI=1S/C18H14ClF3N2O/c1-2-10-23-16(12-6-4-3-5-7-12)17(25)24-15-11-13(18(20,21)22)8-9-14(15)19/h1,3-9,11,16,23H,10H2,(H,24,25)/t16-/m1/s1. The van der Waals surface area contributed by atoms with E-state index in [0.717, 1.165) is 18.2 Å². The molecule has 0 saturated heterocycles. The number of terminal acetylenes is 1. The third kappa shape index (κ3) is 4.99. The maximum atomic E-state index is 12.8. The minimum absolute atomic E-state index is 0.00473. The molecule has 1 amide bonds. The SMILES string of the molecule is C#CCN[C@@H](C(=O)Nc1cc(C(F)(F)F)ccc1Cl)c1ccccc1. The summed E-state index contributed by atoms with van der Waals surface area (Å²) >= 11 is 5.91. The van der Waals surface area contributed by atoms with Crippen LogP contribution in [0.15, 0.2) is 48.5 Å². The number of nitrogens with one attached hydrogen (secondary N) is 2. The Bertz CT molecular complexity index is 785. The Hall–Kier alpha value is -2.49. The molecule has 0 saturated carbocycles. The molecule has 3 nitrogen and oxygen atoms in total. The molecule has 7 heteroatoms. The lowest BCUT2D eigenvalue weighted by Crippen LogP contribution is -2.33. The first kappa shape index (κ1) is 18.8. The van der Waals surface area contributed by atoms with E-state index >= 15 is 0 Å². The van der Waals surface area contributed by atoms with Crippen molar-refractivity contribution in [3.63, 3.8) is 0 Å². The Kier molecular flexibility index (Phi) is 6.07. The molecule has 130 valence electrons. The highest BCUT2D eigenvalue weighted by molar-refractivity contribution is 6.33. The second-order valence-electron chi connectivity index (χ2n) is 5.11. The second-order valence-corrected chi connectivity index (χ2v) is 5.52. The number of hydrogen-bond acceptors (Lipinski definition) is 2. The van der Waals surface area contributed by atoms with E-state index in [0.29, 0.717) is 5.56 Å². The summed E-state index contributed by atoms with van der Waals surface area (Å²) in [6.45, 7) is 0.114. The molecule has 25 heavy (non-hydrogen) atoms. The van der Waals surface area contributed by atoms with Crippen LogP contribution < -0.4 is 10.6 Å². The van der Waals surface area contributed by atoms with E-state index in [9.17, 15) is 18.0 Å². The van der Waals surface area contributed by atoms with Gasteiger partial charge >= 0.3 is 6.18 Å². The average Bonchev–Trinajstić information content (AvgIpc) is 2.57. The summed E-state index contributed by atoms with van der Waals surface area (Å²) in [5, 5.41) is 5.29. The van der Waals surface area contributed by atoms with E-state index in [1.165, 1.54) is 0 Å². The van der Waals surface area contributed by atoms with E-state index in [1.54, 1.807) is 30.3 Å². The third-order valence-corrected chi connectivity index (χ3v) is 3.68. The zero-order valence-corrected chi connectivity index (χ0v) is 13.7. The highest BCUT2D eigenvalue weighted by Gasteiger charge is 2.31. The number of carbonyl (C=O) groups excluding carboxylic acids is 1. The van der Waals surface area contributed by atoms with Crippen LogP contribution >= 0.6 is 11.6 Å². The van der Waals surface area contributed by atoms with Gasteiger partial charge in [0.05, 0.1) is 22.8 Å². The summed E-state index contributed by atoms with van der Waals surface area (Å²) in [6, 6.07) is 10.6. The van der Waals surface area contributed by atoms with Crippen molar-refractivity contribution in [2.24, 2.45) is 0 Å². The molecule has 0 aliphatic heterocycles. The molecule has 0 spiro atoms. The van der Waals surface area contributed by atoms with Crippen LogP contribution in [0.5, 0.6) is 0 Å². The molecule has 0 aliphatic carbocycles. The average molecular weight is 367 g/mol. The van der Waals surface area contributed by atoms with Gasteiger partial charge in [0.15, 0.2) is 0 Å². The van der Waals surface area contributed by atoms with E-state index < -0.39 is 23.7 Å². The predicted octanol–water partition coefficient (Wildman–Crippen LogP) is 4.26. The predicted molar refractivity (Wildman–Crippen MR) is 91.1 cm³/mol. The zero-order chi connectivity index (χ0) is 18.4. The highest BCUT2D eigenvalue weighted by Crippen LogP contribution is 2.34. The van der Waals surface area contributed by atoms with Crippen LogP contribution in [0.1, 0.15) is 17.2 Å². The van der Waals surface area contributed by atoms with Crippen LogP contribution in [0.25, 0.3) is 0 Å². The molecule has 0 bridgehead atoms. The van der Waals surface area contributed by atoms with Crippen LogP contribution in [0.4, 0.5) is 18.9 Å². The summed E-state index contributed by atoms with van der Waals surface area (Å²) in [7, 11) is 0. The summed E-state index contributed by atoms with van der Waals surface area (Å²) < 4.78 is 38.5. The molecule has 0 aromatic heterocycles. The minimum atomic E-state index is -4.54. The highest BCUT2D eigenvalue weighted by atomic mass is 35.5. The van der Waals surface area contributed by atoms with Gasteiger partial charge in [-0.3, -0.25) is 10.1 Å². The molecule has 2 N–H and O–H groups in total. The normalized spacial score (nSPS) is 12.3. The number of anilines is 1. The Labute approximate surface area is 148 Å². The molecule has 0 radical (unpaired) electrons. The fourth-order valence-electron chi connectivity index (χ4n) is 2.17. The van der Waals surface area contributed by atoms with E-state index in [2.05, 4.69) is 16.6 Å². The molecular weight excluding hydrogens is 353 g/mol. The fraction of sp³-hybridized carbons (Fsp3) is 0.167. The molecule has 2 aromatic rings. The number of halogens is 4. The lowest BCUT2D eigenvalue weighted by Gasteiger charge is -2.19. The van der Waals surface area contributed by atoms with Crippen molar-refractivity contribution in [2.75, 3.05) is 11.9 Å². The van der Waals surface area contributed by atoms with Crippen molar-refractivity contribution < 1.29 is 18.0 Å². The van der Waals surface area contributed by atoms with Gasteiger partial charge in [0, 0.05) is 0 Å². The van der Waals surface area contributed by atoms with Gasteiger partial charge in [-0.05, 0) is 23.8 Å². The number of amides is 1. The van der Waals surface area contributed by atoms with Gasteiger partial charge in [-0.2, -0.15) is 13.2 Å². The van der Waals surface area contributed by atoms with Gasteiger partial charge in [-0.15, -0.1) is 6.42 Å². The number of rotatable bonds is 5. The summed E-state index contributed by atoms with van der Waals surface area (Å²) in [6.07, 6.45) is 0.672. The molecule has 0 aliphatic rings. The van der Waals surface area contributed by atoms with Gasteiger partial charge in [-0.25, -0.2) is 0 Å². The first-order valence-electron chi connectivity index (χ1n) is 7.22. The van der Waals surface area contributed by atoms with Crippen LogP contribution in [-0.2, 0) is 11.0 Å². The lowest BCUT2D eigenvalue weighted by molar-refractivity contribution is -0.137. The van der Waals surface area contributed by atoms with E-state index in [-0.39, 0.29) is 17.3 Å². The van der Waals surface area contributed by atoms with Crippen molar-refractivity contribution >= 4 is 23.2 Å². The van der Waals surface area contributed by atoms with Gasteiger partial charge in [0.1, 0.15) is 6.04 Å². The molecule has 0 fully saturated rings. The van der Waals surface area contributed by atoms with Gasteiger partial charge < -0.3 is 5.32 Å². The largest absolute Gasteiger partial charge is 0.416 e. The zero-order valence-electron chi connectivity index (χ0n) is 12.9. The van der Waals surface area contributed by atoms with Crippen LogP contribution in [0.2, 0.25) is 5.02 Å². The van der Waals surface area contributed by atoms with E-state index in [4.69, 9.17) is 18.0 Å². The monoisotopic (exact) mass is 366 g/mol. The molecule has 2 rings (SSSR count). The summed E-state index contributed by atoms with van der Waals surface area (Å²) in [5.74, 6) is 1.79. The second kappa shape index (κ2) is 8.06. The van der Waals surface area contributed by atoms with Gasteiger partial charge in [0.2, 0.25) is 5.91 Å². The molecule has 2 aromatic carbocycles. The van der Waals surface area contributed by atoms with Gasteiger partial charge in [-0.1, -0.05) is 47.9 Å². The topological polar surface area (TPSA) is 41.1 Å². The Morgan fingerprint density at radius 2 is 1.88 bits per heavy atom. The van der Waals surface area contributed by atoms with Crippen LogP contribution in [-0.4, -0.2) is 12.5 Å². The third-order valence-electron chi connectivity index (χ3n) is 3.35. The van der Waals surface area contributed by atoms with Crippen molar-refractivity contribution in [3.8, 4) is 12.3 Å². The number of carbonyl (C=O) groups is 1. The Morgan fingerprint density at radius 1 is 1.20 bits per heavy atom. The van der Waals surface area contributed by atoms with Crippen molar-refractivity contribution in [1.82, 2.24) is 5.32 Å². The smallest absolute Gasteiger partial charge is 0.323 e. The summed E-state index contributed by atoms with van der Waals surface area (Å²) in [5.41, 5.74) is -0.400. The quantitative estimate of drug-likeness (QED) is 0.776. The maximum absolute atomic E-state index is 12.8. The molecule has 0 unspecified atom stereocenters. The minimum Gasteiger partial charge on any atom is -0.323 e. The summed E-state index contributed by atoms with van der Waals surface area (Å²) in [4.78, 5) is 12.6. The van der Waals surface area contributed by atoms with Gasteiger partial charge in [0.25, 0.3) is 0 Å². The molecule has 0 heterocycles. The number of alkyl halides is 3.